The molecule has 92 valence electrons. The Hall–Kier alpha value is -1.36. The summed E-state index contributed by atoms with van der Waals surface area (Å²) in [5.41, 5.74) is 0.786. The molecule has 0 unspecified atom stereocenters. The Labute approximate surface area is 105 Å². The standard InChI is InChI=1S/C11H16ClN5/c1-2-3-6-16(7-4-12)10-11-15-14-9-17(11)8-5-13-10/h5,8-9H,2-4,6-7H2,1H3. The summed E-state index contributed by atoms with van der Waals surface area (Å²) in [6.07, 6.45) is 7.55. The lowest BCUT2D eigenvalue weighted by atomic mass is 10.3. The fraction of sp³-hybridized carbons (Fsp3) is 0.545. The van der Waals surface area contributed by atoms with Crippen LogP contribution in [0.15, 0.2) is 18.7 Å². The van der Waals surface area contributed by atoms with Crippen LogP contribution in [0.1, 0.15) is 19.8 Å². The molecule has 5 nitrogen and oxygen atoms in total. The maximum atomic E-state index is 5.84. The predicted octanol–water partition coefficient (Wildman–Crippen LogP) is 1.97. The molecule has 0 amide bonds. The molecule has 0 saturated heterocycles. The molecule has 2 aromatic heterocycles. The number of fused-ring (bicyclic) bond motifs is 1. The Kier molecular flexibility index (Phi) is 4.14. The van der Waals surface area contributed by atoms with E-state index in [0.29, 0.717) is 5.88 Å². The lowest BCUT2D eigenvalue weighted by Crippen LogP contribution is -2.28. The summed E-state index contributed by atoms with van der Waals surface area (Å²) >= 11 is 5.84. The number of anilines is 1. The SMILES string of the molecule is CCCCN(CCCl)c1nccn2cnnc12. The third-order valence-electron chi connectivity index (χ3n) is 2.63. The molecule has 6 heteroatoms. The fourth-order valence-corrected chi connectivity index (χ4v) is 1.95. The van der Waals surface area contributed by atoms with Gasteiger partial charge < -0.3 is 4.90 Å². The first-order valence-electron chi connectivity index (χ1n) is 5.82. The predicted molar refractivity (Wildman–Crippen MR) is 68.6 cm³/mol. The van der Waals surface area contributed by atoms with Crippen LogP contribution in [-0.2, 0) is 0 Å². The van der Waals surface area contributed by atoms with Crippen LogP contribution >= 0.6 is 11.6 Å². The molecular weight excluding hydrogens is 238 g/mol. The number of unbranched alkanes of at least 4 members (excludes halogenated alkanes) is 1. The molecule has 2 rings (SSSR count). The highest BCUT2D eigenvalue weighted by molar-refractivity contribution is 6.18. The summed E-state index contributed by atoms with van der Waals surface area (Å²) in [6.45, 7) is 3.90. The van der Waals surface area contributed by atoms with E-state index in [1.807, 2.05) is 10.6 Å². The molecule has 0 aromatic carbocycles. The summed E-state index contributed by atoms with van der Waals surface area (Å²) in [7, 11) is 0. The molecule has 17 heavy (non-hydrogen) atoms. The van der Waals surface area contributed by atoms with Gasteiger partial charge in [0.1, 0.15) is 6.33 Å². The number of hydrogen-bond donors (Lipinski definition) is 0. The fourth-order valence-electron chi connectivity index (χ4n) is 1.74. The number of nitrogens with zero attached hydrogens (tertiary/aromatic N) is 5. The first kappa shape index (κ1) is 12.1. The second kappa shape index (κ2) is 5.82. The molecule has 2 aromatic rings. The Morgan fingerprint density at radius 2 is 2.29 bits per heavy atom. The van der Waals surface area contributed by atoms with Gasteiger partial charge in [0, 0.05) is 31.4 Å². The average Bonchev–Trinajstić information content (AvgIpc) is 2.82. The largest absolute Gasteiger partial charge is 0.352 e. The number of aromatic nitrogens is 4. The van der Waals surface area contributed by atoms with E-state index in [1.54, 1.807) is 12.5 Å². The van der Waals surface area contributed by atoms with Crippen molar-refractivity contribution in [2.75, 3.05) is 23.9 Å². The van der Waals surface area contributed by atoms with Gasteiger partial charge in [-0.2, -0.15) is 0 Å². The van der Waals surface area contributed by atoms with Gasteiger partial charge in [-0.05, 0) is 6.42 Å². The van der Waals surface area contributed by atoms with E-state index >= 15 is 0 Å². The first-order valence-corrected chi connectivity index (χ1v) is 6.35. The molecule has 0 N–H and O–H groups in total. The van der Waals surface area contributed by atoms with E-state index in [-0.39, 0.29) is 0 Å². The van der Waals surface area contributed by atoms with Crippen LogP contribution in [-0.4, -0.2) is 38.6 Å². The number of alkyl halides is 1. The summed E-state index contributed by atoms with van der Waals surface area (Å²) in [4.78, 5) is 6.56. The van der Waals surface area contributed by atoms with Crippen LogP contribution in [0.3, 0.4) is 0 Å². The monoisotopic (exact) mass is 253 g/mol. The molecule has 0 aliphatic heterocycles. The quantitative estimate of drug-likeness (QED) is 0.739. The topological polar surface area (TPSA) is 46.3 Å². The van der Waals surface area contributed by atoms with Gasteiger partial charge in [-0.25, -0.2) is 4.98 Å². The lowest BCUT2D eigenvalue weighted by molar-refractivity contribution is 0.725. The summed E-state index contributed by atoms with van der Waals surface area (Å²) in [5, 5.41) is 7.99. The van der Waals surface area contributed by atoms with E-state index in [1.165, 1.54) is 0 Å². The zero-order chi connectivity index (χ0) is 12.1. The summed E-state index contributed by atoms with van der Waals surface area (Å²) in [6, 6.07) is 0. The van der Waals surface area contributed by atoms with Crippen LogP contribution in [0.5, 0.6) is 0 Å². The maximum Gasteiger partial charge on any atom is 0.203 e. The lowest BCUT2D eigenvalue weighted by Gasteiger charge is -2.22. The van der Waals surface area contributed by atoms with Gasteiger partial charge in [-0.3, -0.25) is 4.40 Å². The minimum atomic E-state index is 0.584. The second-order valence-electron chi connectivity index (χ2n) is 3.84. The van der Waals surface area contributed by atoms with Crippen LogP contribution in [0.2, 0.25) is 0 Å². The molecule has 0 fully saturated rings. The third-order valence-corrected chi connectivity index (χ3v) is 2.80. The van der Waals surface area contributed by atoms with Gasteiger partial charge in [-0.1, -0.05) is 13.3 Å². The molecule has 2 heterocycles. The molecule has 0 spiro atoms. The summed E-state index contributed by atoms with van der Waals surface area (Å²) < 4.78 is 1.87. The highest BCUT2D eigenvalue weighted by atomic mass is 35.5. The van der Waals surface area contributed by atoms with E-state index in [2.05, 4.69) is 27.0 Å². The minimum Gasteiger partial charge on any atom is -0.352 e. The number of halogens is 1. The second-order valence-corrected chi connectivity index (χ2v) is 4.22. The normalized spacial score (nSPS) is 10.9. The van der Waals surface area contributed by atoms with Gasteiger partial charge in [0.2, 0.25) is 5.65 Å². The highest BCUT2D eigenvalue weighted by Crippen LogP contribution is 2.16. The van der Waals surface area contributed by atoms with Crippen molar-refractivity contribution in [2.45, 2.75) is 19.8 Å². The van der Waals surface area contributed by atoms with Gasteiger partial charge in [-0.15, -0.1) is 21.8 Å². The van der Waals surface area contributed by atoms with E-state index in [9.17, 15) is 0 Å². The molecule has 0 saturated carbocycles. The molecular formula is C11H16ClN5. The number of rotatable bonds is 6. The van der Waals surface area contributed by atoms with Crippen LogP contribution < -0.4 is 4.90 Å². The Morgan fingerprint density at radius 1 is 1.41 bits per heavy atom. The zero-order valence-corrected chi connectivity index (χ0v) is 10.6. The minimum absolute atomic E-state index is 0.584. The molecule has 0 aliphatic rings. The highest BCUT2D eigenvalue weighted by Gasteiger charge is 2.12. The third kappa shape index (κ3) is 2.66. The van der Waals surface area contributed by atoms with Crippen LogP contribution in [0.4, 0.5) is 5.82 Å². The molecule has 0 atom stereocenters. The van der Waals surface area contributed by atoms with Crippen molar-refractivity contribution < 1.29 is 0 Å². The van der Waals surface area contributed by atoms with Crippen molar-refractivity contribution in [3.8, 4) is 0 Å². The Bertz CT molecular complexity index is 470. The number of hydrogen-bond acceptors (Lipinski definition) is 4. The van der Waals surface area contributed by atoms with E-state index in [4.69, 9.17) is 11.6 Å². The molecule has 0 bridgehead atoms. The first-order chi connectivity index (χ1) is 8.36. The van der Waals surface area contributed by atoms with Gasteiger partial charge in [0.25, 0.3) is 0 Å². The Balaban J connectivity index is 2.30. The van der Waals surface area contributed by atoms with Crippen molar-refractivity contribution >= 4 is 23.1 Å². The smallest absolute Gasteiger partial charge is 0.203 e. The average molecular weight is 254 g/mol. The van der Waals surface area contributed by atoms with Crippen molar-refractivity contribution in [3.63, 3.8) is 0 Å². The Morgan fingerprint density at radius 3 is 3.06 bits per heavy atom. The van der Waals surface area contributed by atoms with Crippen molar-refractivity contribution in [1.29, 1.82) is 0 Å². The van der Waals surface area contributed by atoms with E-state index < -0.39 is 0 Å². The zero-order valence-electron chi connectivity index (χ0n) is 9.88. The van der Waals surface area contributed by atoms with Gasteiger partial charge >= 0.3 is 0 Å². The van der Waals surface area contributed by atoms with Crippen molar-refractivity contribution in [1.82, 2.24) is 19.6 Å². The van der Waals surface area contributed by atoms with Gasteiger partial charge in [0.15, 0.2) is 5.82 Å². The van der Waals surface area contributed by atoms with Crippen LogP contribution in [0.25, 0.3) is 5.65 Å². The molecule has 0 aliphatic carbocycles. The van der Waals surface area contributed by atoms with Gasteiger partial charge in [0.05, 0.1) is 0 Å². The van der Waals surface area contributed by atoms with Crippen molar-refractivity contribution in [3.05, 3.63) is 18.7 Å². The summed E-state index contributed by atoms with van der Waals surface area (Å²) in [5.74, 6) is 1.44. The van der Waals surface area contributed by atoms with Crippen molar-refractivity contribution in [2.24, 2.45) is 0 Å². The van der Waals surface area contributed by atoms with E-state index in [0.717, 1.165) is 37.4 Å². The van der Waals surface area contributed by atoms with Crippen LogP contribution in [0, 0.1) is 0 Å². The molecule has 0 radical (unpaired) electrons. The maximum absolute atomic E-state index is 5.84.